The van der Waals surface area contributed by atoms with Gasteiger partial charge in [-0.2, -0.15) is 0 Å². The van der Waals surface area contributed by atoms with Crippen LogP contribution in [0.25, 0.3) is 0 Å². The second-order valence-corrected chi connectivity index (χ2v) is 7.79. The van der Waals surface area contributed by atoms with Crippen molar-refractivity contribution < 1.29 is 9.59 Å². The van der Waals surface area contributed by atoms with Crippen LogP contribution in [-0.4, -0.2) is 27.9 Å². The zero-order valence-corrected chi connectivity index (χ0v) is 16.7. The van der Waals surface area contributed by atoms with Crippen molar-refractivity contribution in [3.63, 3.8) is 0 Å². The van der Waals surface area contributed by atoms with E-state index in [1.165, 1.54) is 0 Å². The number of fused-ring (bicyclic) bond motifs is 1. The predicted octanol–water partition coefficient (Wildman–Crippen LogP) is 3.82. The molecule has 0 atom stereocenters. The van der Waals surface area contributed by atoms with Gasteiger partial charge in [-0.05, 0) is 55.9 Å². The number of hydrogen-bond donors (Lipinski definition) is 2. The number of rotatable bonds is 5. The molecule has 144 valence electrons. The molecule has 2 heterocycles. The molecule has 2 amide bonds. The Morgan fingerprint density at radius 3 is 2.74 bits per heavy atom. The maximum atomic E-state index is 12.9. The number of halogens is 1. The first-order valence-electron chi connectivity index (χ1n) is 9.32. The Bertz CT molecular complexity index is 873. The van der Waals surface area contributed by atoms with E-state index in [0.717, 1.165) is 30.5 Å². The van der Waals surface area contributed by atoms with Crippen molar-refractivity contribution in [1.82, 2.24) is 14.9 Å². The highest BCUT2D eigenvalue weighted by molar-refractivity contribution is 6.30. The van der Waals surface area contributed by atoms with Crippen LogP contribution in [-0.2, 0) is 13.0 Å². The van der Waals surface area contributed by atoms with Crippen LogP contribution in [0.2, 0.25) is 5.02 Å². The topological polar surface area (TPSA) is 76.0 Å². The molecule has 7 heteroatoms. The molecule has 0 saturated heterocycles. The minimum atomic E-state index is -0.313. The first-order valence-corrected chi connectivity index (χ1v) is 9.69. The Morgan fingerprint density at radius 2 is 2.04 bits per heavy atom. The summed E-state index contributed by atoms with van der Waals surface area (Å²) >= 11 is 5.98. The Kier molecular flexibility index (Phi) is 5.85. The van der Waals surface area contributed by atoms with Crippen molar-refractivity contribution >= 4 is 29.1 Å². The van der Waals surface area contributed by atoms with Crippen LogP contribution < -0.4 is 10.6 Å². The molecule has 1 aliphatic heterocycles. The molecule has 0 saturated carbocycles. The summed E-state index contributed by atoms with van der Waals surface area (Å²) in [4.78, 5) is 29.9. The van der Waals surface area contributed by atoms with Crippen LogP contribution in [0.1, 0.15) is 59.1 Å². The molecule has 3 rings (SSSR count). The highest BCUT2D eigenvalue weighted by atomic mass is 35.5. The number of benzene rings is 1. The van der Waals surface area contributed by atoms with Crippen LogP contribution >= 0.6 is 11.6 Å². The van der Waals surface area contributed by atoms with E-state index in [9.17, 15) is 9.59 Å². The third-order valence-electron chi connectivity index (χ3n) is 4.64. The number of imidazole rings is 1. The molecule has 1 aliphatic rings. The van der Waals surface area contributed by atoms with Gasteiger partial charge in [-0.1, -0.05) is 25.4 Å². The molecule has 0 radical (unpaired) electrons. The number of nitrogens with one attached hydrogen (secondary N) is 2. The normalized spacial score (nSPS) is 13.4. The minimum Gasteiger partial charge on any atom is -0.350 e. The third kappa shape index (κ3) is 4.33. The van der Waals surface area contributed by atoms with Crippen LogP contribution in [0.15, 0.2) is 18.2 Å². The number of hydrogen-bond acceptors (Lipinski definition) is 3. The molecule has 27 heavy (non-hydrogen) atoms. The molecule has 1 aromatic carbocycles. The van der Waals surface area contributed by atoms with Gasteiger partial charge in [0.15, 0.2) is 5.82 Å². The van der Waals surface area contributed by atoms with Gasteiger partial charge in [0.25, 0.3) is 11.8 Å². The van der Waals surface area contributed by atoms with E-state index in [4.69, 9.17) is 11.6 Å². The van der Waals surface area contributed by atoms with Gasteiger partial charge in [-0.15, -0.1) is 0 Å². The molecular formula is C20H25ClN4O2. The standard InChI is InChI=1S/C20H25ClN4O2/c1-12(2)11-22-19(26)17-16-6-4-5-9-25(16)18(24-17)20(27)23-15-8-7-14(21)10-13(15)3/h7-8,10,12H,4-6,9,11H2,1-3H3,(H,22,26)(H,23,27). The number of nitrogens with zero attached hydrogens (tertiary/aromatic N) is 2. The maximum absolute atomic E-state index is 12.9. The van der Waals surface area contributed by atoms with E-state index in [2.05, 4.69) is 15.6 Å². The number of carbonyl (C=O) groups excluding carboxylic acids is 2. The lowest BCUT2D eigenvalue weighted by atomic mass is 10.1. The van der Waals surface area contributed by atoms with Crippen LogP contribution in [0.5, 0.6) is 0 Å². The molecule has 0 unspecified atom stereocenters. The number of carbonyl (C=O) groups is 2. The molecule has 0 aliphatic carbocycles. The minimum absolute atomic E-state index is 0.212. The number of aromatic nitrogens is 2. The van der Waals surface area contributed by atoms with E-state index < -0.39 is 0 Å². The van der Waals surface area contributed by atoms with E-state index in [1.54, 1.807) is 18.2 Å². The van der Waals surface area contributed by atoms with E-state index in [-0.39, 0.29) is 17.6 Å². The number of amides is 2. The van der Waals surface area contributed by atoms with Gasteiger partial charge < -0.3 is 15.2 Å². The van der Waals surface area contributed by atoms with Crippen molar-refractivity contribution in [1.29, 1.82) is 0 Å². The van der Waals surface area contributed by atoms with Gasteiger partial charge in [0, 0.05) is 23.8 Å². The van der Waals surface area contributed by atoms with Crippen molar-refractivity contribution in [3.8, 4) is 0 Å². The molecule has 0 fully saturated rings. The first-order chi connectivity index (χ1) is 12.9. The average molecular weight is 389 g/mol. The van der Waals surface area contributed by atoms with Gasteiger partial charge in [0.1, 0.15) is 5.69 Å². The smallest absolute Gasteiger partial charge is 0.291 e. The summed E-state index contributed by atoms with van der Waals surface area (Å²) in [6.45, 7) is 7.23. The highest BCUT2D eigenvalue weighted by Crippen LogP contribution is 2.24. The summed E-state index contributed by atoms with van der Waals surface area (Å²) in [5.41, 5.74) is 2.77. The average Bonchev–Trinajstić information content (AvgIpc) is 3.02. The lowest BCUT2D eigenvalue weighted by Crippen LogP contribution is -2.29. The molecular weight excluding hydrogens is 364 g/mol. The van der Waals surface area contributed by atoms with Gasteiger partial charge in [-0.3, -0.25) is 9.59 Å². The fourth-order valence-corrected chi connectivity index (χ4v) is 3.45. The van der Waals surface area contributed by atoms with Gasteiger partial charge in [0.2, 0.25) is 0 Å². The lowest BCUT2D eigenvalue weighted by molar-refractivity contribution is 0.0943. The summed E-state index contributed by atoms with van der Waals surface area (Å²) in [7, 11) is 0. The zero-order chi connectivity index (χ0) is 19.6. The van der Waals surface area contributed by atoms with E-state index in [1.807, 2.05) is 25.3 Å². The Labute approximate surface area is 164 Å². The molecule has 2 N–H and O–H groups in total. The molecule has 0 bridgehead atoms. The predicted molar refractivity (Wildman–Crippen MR) is 106 cm³/mol. The fourth-order valence-electron chi connectivity index (χ4n) is 3.22. The summed E-state index contributed by atoms with van der Waals surface area (Å²) in [5, 5.41) is 6.42. The highest BCUT2D eigenvalue weighted by Gasteiger charge is 2.27. The van der Waals surface area contributed by atoms with Crippen molar-refractivity contribution in [2.45, 2.75) is 46.6 Å². The Hall–Kier alpha value is -2.34. The van der Waals surface area contributed by atoms with Crippen molar-refractivity contribution in [2.75, 3.05) is 11.9 Å². The van der Waals surface area contributed by atoms with E-state index >= 15 is 0 Å². The summed E-state index contributed by atoms with van der Waals surface area (Å²) in [6, 6.07) is 5.30. The molecule has 2 aromatic rings. The van der Waals surface area contributed by atoms with Crippen LogP contribution in [0.3, 0.4) is 0 Å². The van der Waals surface area contributed by atoms with Gasteiger partial charge >= 0.3 is 0 Å². The Morgan fingerprint density at radius 1 is 1.26 bits per heavy atom. The van der Waals surface area contributed by atoms with Crippen LogP contribution in [0, 0.1) is 12.8 Å². The molecule has 1 aromatic heterocycles. The zero-order valence-electron chi connectivity index (χ0n) is 15.9. The summed E-state index contributed by atoms with van der Waals surface area (Å²) < 4.78 is 1.88. The van der Waals surface area contributed by atoms with Crippen LogP contribution in [0.4, 0.5) is 5.69 Å². The Balaban J connectivity index is 1.88. The van der Waals surface area contributed by atoms with Gasteiger partial charge in [0.05, 0.1) is 5.69 Å². The quantitative estimate of drug-likeness (QED) is 0.817. The first kappa shape index (κ1) is 19.4. The summed E-state index contributed by atoms with van der Waals surface area (Å²) in [6.07, 6.45) is 2.72. The second-order valence-electron chi connectivity index (χ2n) is 7.36. The van der Waals surface area contributed by atoms with Gasteiger partial charge in [-0.25, -0.2) is 4.98 Å². The molecule has 6 nitrogen and oxygen atoms in total. The largest absolute Gasteiger partial charge is 0.350 e. The molecule has 0 spiro atoms. The van der Waals surface area contributed by atoms with Crippen molar-refractivity contribution in [3.05, 3.63) is 46.0 Å². The SMILES string of the molecule is Cc1cc(Cl)ccc1NC(=O)c1nc(C(=O)NCC(C)C)c2n1CCCC2. The summed E-state index contributed by atoms with van der Waals surface area (Å²) in [5.74, 6) is 0.111. The number of aryl methyl sites for hydroxylation is 1. The van der Waals surface area contributed by atoms with E-state index in [0.29, 0.717) is 35.4 Å². The fraction of sp³-hybridized carbons (Fsp3) is 0.450. The van der Waals surface area contributed by atoms with Crippen molar-refractivity contribution in [2.24, 2.45) is 5.92 Å². The number of anilines is 1. The lowest BCUT2D eigenvalue weighted by Gasteiger charge is -2.17. The third-order valence-corrected chi connectivity index (χ3v) is 4.88. The monoisotopic (exact) mass is 388 g/mol. The second kappa shape index (κ2) is 8.13. The maximum Gasteiger partial charge on any atom is 0.291 e.